The third kappa shape index (κ3) is 1.71. The Morgan fingerprint density at radius 1 is 1.19 bits per heavy atom. The number of rotatable bonds is 1. The van der Waals surface area contributed by atoms with Gasteiger partial charge in [0.05, 0.1) is 7.11 Å². The van der Waals surface area contributed by atoms with Gasteiger partial charge in [-0.25, -0.2) is 0 Å². The van der Waals surface area contributed by atoms with Crippen molar-refractivity contribution in [1.29, 1.82) is 0 Å². The molecule has 1 aromatic rings. The summed E-state index contributed by atoms with van der Waals surface area (Å²) in [7, 11) is 1.66. The molecule has 2 fully saturated rings. The second kappa shape index (κ2) is 4.66. The zero-order valence-electron chi connectivity index (χ0n) is 13.2. The summed E-state index contributed by atoms with van der Waals surface area (Å²) in [6.45, 7) is 2.44. The summed E-state index contributed by atoms with van der Waals surface area (Å²) in [6, 6.07) is 4.17. The highest BCUT2D eigenvalue weighted by molar-refractivity contribution is 5.56. The van der Waals surface area contributed by atoms with Crippen LogP contribution in [0.25, 0.3) is 0 Å². The van der Waals surface area contributed by atoms with Crippen LogP contribution in [-0.2, 0) is 11.8 Å². The predicted molar refractivity (Wildman–Crippen MR) is 83.9 cm³/mol. The Kier molecular flexibility index (Phi) is 2.99. The van der Waals surface area contributed by atoms with Crippen LogP contribution < -0.4 is 4.74 Å². The van der Waals surface area contributed by atoms with Crippen LogP contribution in [0.5, 0.6) is 11.5 Å². The van der Waals surface area contributed by atoms with Crippen LogP contribution in [-0.4, -0.2) is 12.2 Å². The summed E-state index contributed by atoms with van der Waals surface area (Å²) >= 11 is 0. The van der Waals surface area contributed by atoms with E-state index < -0.39 is 0 Å². The number of aromatic hydroxyl groups is 1. The third-order valence-electron chi connectivity index (χ3n) is 6.79. The molecule has 0 amide bonds. The van der Waals surface area contributed by atoms with Crippen molar-refractivity contribution in [3.8, 4) is 11.5 Å². The molecule has 21 heavy (non-hydrogen) atoms. The molecule has 4 atom stereocenters. The first kappa shape index (κ1) is 13.5. The van der Waals surface area contributed by atoms with Crippen molar-refractivity contribution in [1.82, 2.24) is 0 Å². The molecule has 2 saturated carbocycles. The Balaban J connectivity index is 1.93. The highest BCUT2D eigenvalue weighted by Gasteiger charge is 2.54. The van der Waals surface area contributed by atoms with E-state index in [1.807, 2.05) is 6.07 Å². The molecule has 0 heterocycles. The summed E-state index contributed by atoms with van der Waals surface area (Å²) in [5.41, 5.74) is 2.89. The van der Waals surface area contributed by atoms with E-state index in [4.69, 9.17) is 4.74 Å². The number of hydrogen-bond acceptors (Lipinski definition) is 2. The molecular formula is C19H26O2. The molecule has 1 aromatic carbocycles. The number of hydrogen-bond donors (Lipinski definition) is 1. The van der Waals surface area contributed by atoms with Crippen LogP contribution in [0.2, 0.25) is 0 Å². The van der Waals surface area contributed by atoms with Crippen LogP contribution >= 0.6 is 0 Å². The van der Waals surface area contributed by atoms with Crippen molar-refractivity contribution in [2.45, 2.75) is 57.3 Å². The molecule has 0 aromatic heterocycles. The number of fused-ring (bicyclic) bond motifs is 1. The average molecular weight is 286 g/mol. The van der Waals surface area contributed by atoms with Gasteiger partial charge in [-0.1, -0.05) is 25.8 Å². The van der Waals surface area contributed by atoms with E-state index in [9.17, 15) is 5.11 Å². The average Bonchev–Trinajstić information content (AvgIpc) is 2.51. The topological polar surface area (TPSA) is 29.5 Å². The summed E-state index contributed by atoms with van der Waals surface area (Å²) in [4.78, 5) is 0. The standard InChI is InChI=1S/C19H26O2/c1-12-8-10-19-9-4-3-5-15(19)14(12)11-13-6-7-16(21-2)18(20)17(13)19/h6-7,12,14-15,20H,3-5,8-11H2,1-2H3/t12?,14-,15?,19+/m0/s1. The van der Waals surface area contributed by atoms with Crippen LogP contribution in [0, 0.1) is 17.8 Å². The van der Waals surface area contributed by atoms with E-state index in [-0.39, 0.29) is 5.41 Å². The van der Waals surface area contributed by atoms with Crippen molar-refractivity contribution in [3.63, 3.8) is 0 Å². The zero-order chi connectivity index (χ0) is 14.6. The predicted octanol–water partition coefficient (Wildman–Crippen LogP) is 4.43. The highest BCUT2D eigenvalue weighted by atomic mass is 16.5. The van der Waals surface area contributed by atoms with E-state index >= 15 is 0 Å². The van der Waals surface area contributed by atoms with Gasteiger partial charge in [-0.05, 0) is 61.5 Å². The van der Waals surface area contributed by atoms with E-state index in [2.05, 4.69) is 13.0 Å². The van der Waals surface area contributed by atoms with Crippen LogP contribution in [0.15, 0.2) is 12.1 Å². The minimum Gasteiger partial charge on any atom is -0.504 e. The lowest BCUT2D eigenvalue weighted by Gasteiger charge is -2.57. The molecule has 3 aliphatic carbocycles. The summed E-state index contributed by atoms with van der Waals surface area (Å²) in [5, 5.41) is 10.8. The lowest BCUT2D eigenvalue weighted by atomic mass is 9.47. The fourth-order valence-corrected chi connectivity index (χ4v) is 5.83. The van der Waals surface area contributed by atoms with Gasteiger partial charge in [0, 0.05) is 11.0 Å². The zero-order valence-corrected chi connectivity index (χ0v) is 13.2. The summed E-state index contributed by atoms with van der Waals surface area (Å²) in [6.07, 6.45) is 9.02. The quantitative estimate of drug-likeness (QED) is 0.827. The maximum Gasteiger partial charge on any atom is 0.161 e. The lowest BCUT2D eigenvalue weighted by Crippen LogP contribution is -2.51. The molecule has 2 bridgehead atoms. The molecule has 0 radical (unpaired) electrons. The van der Waals surface area contributed by atoms with Crippen molar-refractivity contribution in [3.05, 3.63) is 23.3 Å². The Morgan fingerprint density at radius 2 is 2.05 bits per heavy atom. The van der Waals surface area contributed by atoms with E-state index in [0.717, 1.165) is 24.2 Å². The minimum atomic E-state index is 0.238. The molecule has 1 N–H and O–H groups in total. The van der Waals surface area contributed by atoms with Crippen molar-refractivity contribution < 1.29 is 9.84 Å². The van der Waals surface area contributed by atoms with Crippen LogP contribution in [0.4, 0.5) is 0 Å². The van der Waals surface area contributed by atoms with Gasteiger partial charge in [0.15, 0.2) is 11.5 Å². The number of methoxy groups -OCH3 is 1. The smallest absolute Gasteiger partial charge is 0.161 e. The number of phenolic OH excluding ortho intramolecular Hbond substituents is 1. The van der Waals surface area contributed by atoms with Gasteiger partial charge in [-0.3, -0.25) is 0 Å². The first-order valence-electron chi connectivity index (χ1n) is 8.56. The fraction of sp³-hybridized carbons (Fsp3) is 0.684. The van der Waals surface area contributed by atoms with Crippen LogP contribution in [0.3, 0.4) is 0 Å². The maximum atomic E-state index is 10.8. The maximum absolute atomic E-state index is 10.8. The molecule has 3 aliphatic rings. The second-order valence-electron chi connectivity index (χ2n) is 7.54. The first-order valence-corrected chi connectivity index (χ1v) is 8.56. The fourth-order valence-electron chi connectivity index (χ4n) is 5.83. The van der Waals surface area contributed by atoms with Gasteiger partial charge in [0.1, 0.15) is 0 Å². The Hall–Kier alpha value is -1.18. The Labute approximate surface area is 127 Å². The molecule has 2 nitrogen and oxygen atoms in total. The van der Waals surface area contributed by atoms with Gasteiger partial charge in [-0.2, -0.15) is 0 Å². The largest absolute Gasteiger partial charge is 0.504 e. The van der Waals surface area contributed by atoms with Gasteiger partial charge in [-0.15, -0.1) is 0 Å². The Morgan fingerprint density at radius 3 is 2.86 bits per heavy atom. The molecular weight excluding hydrogens is 260 g/mol. The van der Waals surface area contributed by atoms with Crippen molar-refractivity contribution in [2.24, 2.45) is 17.8 Å². The molecule has 0 saturated heterocycles. The van der Waals surface area contributed by atoms with Gasteiger partial charge >= 0.3 is 0 Å². The van der Waals surface area contributed by atoms with Gasteiger partial charge in [0.2, 0.25) is 0 Å². The molecule has 114 valence electrons. The number of benzene rings is 1. The van der Waals surface area contributed by atoms with E-state index in [0.29, 0.717) is 11.5 Å². The number of ether oxygens (including phenoxy) is 1. The minimum absolute atomic E-state index is 0.238. The monoisotopic (exact) mass is 286 g/mol. The molecule has 0 spiro atoms. The SMILES string of the molecule is COc1ccc2c(c1O)[C@@]13CCCCC1[C@@H](C2)C(C)CC3. The van der Waals surface area contributed by atoms with Gasteiger partial charge in [0.25, 0.3) is 0 Å². The molecule has 2 heteroatoms. The van der Waals surface area contributed by atoms with Crippen molar-refractivity contribution in [2.75, 3.05) is 7.11 Å². The Bertz CT molecular complexity index is 565. The van der Waals surface area contributed by atoms with Gasteiger partial charge < -0.3 is 9.84 Å². The second-order valence-corrected chi connectivity index (χ2v) is 7.54. The highest BCUT2D eigenvalue weighted by Crippen LogP contribution is 2.62. The van der Waals surface area contributed by atoms with E-state index in [1.165, 1.54) is 49.7 Å². The number of phenols is 1. The molecule has 0 aliphatic heterocycles. The summed E-state index contributed by atoms with van der Waals surface area (Å²) in [5.74, 6) is 3.53. The molecule has 4 rings (SSSR count). The lowest BCUT2D eigenvalue weighted by molar-refractivity contribution is 0.0157. The van der Waals surface area contributed by atoms with Crippen LogP contribution in [0.1, 0.15) is 56.6 Å². The first-order chi connectivity index (χ1) is 10.2. The normalized spacial score (nSPS) is 37.5. The summed E-state index contributed by atoms with van der Waals surface area (Å²) < 4.78 is 5.40. The van der Waals surface area contributed by atoms with Crippen molar-refractivity contribution >= 4 is 0 Å². The van der Waals surface area contributed by atoms with E-state index in [1.54, 1.807) is 7.11 Å². The third-order valence-corrected chi connectivity index (χ3v) is 6.79. The molecule has 2 unspecified atom stereocenters.